The number of benzene rings is 1. The van der Waals surface area contributed by atoms with Gasteiger partial charge in [-0.3, -0.25) is 14.9 Å². The molecule has 0 aliphatic heterocycles. The largest absolute Gasteiger partial charge is 0.299 e. The molecule has 0 spiro atoms. The molecule has 4 heteroatoms. The van der Waals surface area contributed by atoms with Crippen LogP contribution in [0.4, 0.5) is 0 Å². The second-order valence-corrected chi connectivity index (χ2v) is 4.91. The normalized spacial score (nSPS) is 20.8. The highest BCUT2D eigenvalue weighted by atomic mass is 16.6. The summed E-state index contributed by atoms with van der Waals surface area (Å²) in [4.78, 5) is 22.2. The third kappa shape index (κ3) is 3.74. The monoisotopic (exact) mass is 259 g/mol. The molecule has 0 aromatic heterocycles. The highest BCUT2D eigenvalue weighted by molar-refractivity contribution is 5.83. The number of ketones is 1. The lowest BCUT2D eigenvalue weighted by Crippen LogP contribution is -2.24. The van der Waals surface area contributed by atoms with Crippen molar-refractivity contribution in [1.29, 1.82) is 0 Å². The third-order valence-electron chi connectivity index (χ3n) is 3.56. The molecule has 1 aliphatic carbocycles. The van der Waals surface area contributed by atoms with Gasteiger partial charge in [-0.15, -0.1) is 0 Å². The number of hydrogen-bond donors (Lipinski definition) is 0. The molecule has 19 heavy (non-hydrogen) atoms. The van der Waals surface area contributed by atoms with E-state index < -0.39 is 0 Å². The summed E-state index contributed by atoms with van der Waals surface area (Å²) in [6, 6.07) is 9.64. The van der Waals surface area contributed by atoms with E-state index in [4.69, 9.17) is 0 Å². The quantitative estimate of drug-likeness (QED) is 0.603. The van der Waals surface area contributed by atoms with Crippen LogP contribution in [-0.2, 0) is 4.79 Å². The Bertz CT molecular complexity index is 481. The lowest BCUT2D eigenvalue weighted by Gasteiger charge is -2.14. The molecule has 1 aliphatic rings. The zero-order chi connectivity index (χ0) is 13.7. The maximum atomic E-state index is 11.8. The summed E-state index contributed by atoms with van der Waals surface area (Å²) < 4.78 is 0. The molecule has 2 atom stereocenters. The Morgan fingerprint density at radius 1 is 1.37 bits per heavy atom. The molecule has 100 valence electrons. The predicted molar refractivity (Wildman–Crippen MR) is 73.2 cm³/mol. The van der Waals surface area contributed by atoms with E-state index in [1.807, 2.05) is 42.5 Å². The van der Waals surface area contributed by atoms with E-state index in [1.165, 1.54) is 0 Å². The van der Waals surface area contributed by atoms with Crippen molar-refractivity contribution in [1.82, 2.24) is 0 Å². The van der Waals surface area contributed by atoms with Crippen molar-refractivity contribution < 1.29 is 9.72 Å². The summed E-state index contributed by atoms with van der Waals surface area (Å²) >= 11 is 0. The molecule has 0 unspecified atom stereocenters. The van der Waals surface area contributed by atoms with Crippen molar-refractivity contribution >= 4 is 11.9 Å². The summed E-state index contributed by atoms with van der Waals surface area (Å²) in [5, 5.41) is 10.7. The second kappa shape index (κ2) is 6.27. The van der Waals surface area contributed by atoms with Crippen molar-refractivity contribution in [2.24, 2.45) is 11.8 Å². The van der Waals surface area contributed by atoms with Crippen molar-refractivity contribution in [3.05, 3.63) is 52.1 Å². The van der Waals surface area contributed by atoms with Gasteiger partial charge in [-0.1, -0.05) is 42.5 Å². The standard InChI is InChI=1S/C15H17NO3/c17-15-8-4-7-14(15)13(11-16(18)19)10-9-12-5-2-1-3-6-12/h1-3,5-6,9-10,13-14H,4,7-8,11H2/b10-9+/t13-,14-/m0/s1. The molecule has 2 rings (SSSR count). The summed E-state index contributed by atoms with van der Waals surface area (Å²) in [7, 11) is 0. The molecule has 0 radical (unpaired) electrons. The van der Waals surface area contributed by atoms with Crippen molar-refractivity contribution in [3.63, 3.8) is 0 Å². The molecular weight excluding hydrogens is 242 g/mol. The van der Waals surface area contributed by atoms with Crippen LogP contribution in [0.15, 0.2) is 36.4 Å². The molecule has 0 N–H and O–H groups in total. The fourth-order valence-corrected chi connectivity index (χ4v) is 2.59. The summed E-state index contributed by atoms with van der Waals surface area (Å²) in [5.74, 6) is -0.292. The molecule has 1 aromatic carbocycles. The number of carbonyl (C=O) groups is 1. The number of rotatable bonds is 5. The average molecular weight is 259 g/mol. The van der Waals surface area contributed by atoms with Gasteiger partial charge in [0.2, 0.25) is 6.54 Å². The Labute approximate surface area is 112 Å². The van der Waals surface area contributed by atoms with Gasteiger partial charge in [0.1, 0.15) is 5.78 Å². The van der Waals surface area contributed by atoms with Crippen molar-refractivity contribution in [3.8, 4) is 0 Å². The van der Waals surface area contributed by atoms with E-state index in [2.05, 4.69) is 0 Å². The minimum absolute atomic E-state index is 0.167. The van der Waals surface area contributed by atoms with Crippen LogP contribution in [-0.4, -0.2) is 17.3 Å². The first-order valence-electron chi connectivity index (χ1n) is 6.54. The molecular formula is C15H17NO3. The fourth-order valence-electron chi connectivity index (χ4n) is 2.59. The summed E-state index contributed by atoms with van der Waals surface area (Å²) in [6.07, 6.45) is 5.90. The number of nitro groups is 1. The van der Waals surface area contributed by atoms with Gasteiger partial charge < -0.3 is 0 Å². The first-order valence-corrected chi connectivity index (χ1v) is 6.54. The van der Waals surface area contributed by atoms with Crippen LogP contribution >= 0.6 is 0 Å². The van der Waals surface area contributed by atoms with Crippen LogP contribution in [0.25, 0.3) is 6.08 Å². The average Bonchev–Trinajstić information content (AvgIpc) is 2.81. The first-order chi connectivity index (χ1) is 9.16. The lowest BCUT2D eigenvalue weighted by atomic mass is 9.89. The highest BCUT2D eigenvalue weighted by Gasteiger charge is 2.33. The van der Waals surface area contributed by atoms with E-state index in [0.717, 1.165) is 18.4 Å². The molecule has 0 amide bonds. The maximum absolute atomic E-state index is 11.8. The van der Waals surface area contributed by atoms with E-state index in [9.17, 15) is 14.9 Å². The van der Waals surface area contributed by atoms with Gasteiger partial charge in [-0.05, 0) is 18.4 Å². The zero-order valence-corrected chi connectivity index (χ0v) is 10.7. The van der Waals surface area contributed by atoms with Gasteiger partial charge in [0, 0.05) is 17.3 Å². The summed E-state index contributed by atoms with van der Waals surface area (Å²) in [5.41, 5.74) is 1.00. The Morgan fingerprint density at radius 3 is 2.68 bits per heavy atom. The van der Waals surface area contributed by atoms with Gasteiger partial charge in [0.25, 0.3) is 0 Å². The zero-order valence-electron chi connectivity index (χ0n) is 10.7. The Balaban J connectivity index is 2.11. The first kappa shape index (κ1) is 13.5. The smallest absolute Gasteiger partial charge is 0.210 e. The number of Topliss-reactive ketones (excluding diaryl/α,β-unsaturated/α-hetero) is 1. The minimum atomic E-state index is -0.328. The Morgan fingerprint density at radius 2 is 2.11 bits per heavy atom. The van der Waals surface area contributed by atoms with Gasteiger partial charge in [0.15, 0.2) is 0 Å². The second-order valence-electron chi connectivity index (χ2n) is 4.91. The van der Waals surface area contributed by atoms with Crippen LogP contribution in [0.1, 0.15) is 24.8 Å². The predicted octanol–water partition coefficient (Wildman–Crippen LogP) is 2.96. The molecule has 0 heterocycles. The van der Waals surface area contributed by atoms with Crippen LogP contribution in [0.3, 0.4) is 0 Å². The topological polar surface area (TPSA) is 60.2 Å². The van der Waals surface area contributed by atoms with Gasteiger partial charge in [0.05, 0.1) is 5.92 Å². The van der Waals surface area contributed by atoms with E-state index in [1.54, 1.807) is 0 Å². The van der Waals surface area contributed by atoms with Crippen LogP contribution in [0.5, 0.6) is 0 Å². The van der Waals surface area contributed by atoms with Crippen LogP contribution < -0.4 is 0 Å². The molecule has 0 saturated heterocycles. The Kier molecular flexibility index (Phi) is 4.44. The fraction of sp³-hybridized carbons (Fsp3) is 0.400. The maximum Gasteiger partial charge on any atom is 0.210 e. The van der Waals surface area contributed by atoms with Gasteiger partial charge >= 0.3 is 0 Å². The SMILES string of the molecule is O=C1CCC[C@H]1[C@@H](/C=C/c1ccccc1)C[N+](=O)[O-]. The number of carbonyl (C=O) groups excluding carboxylic acids is 1. The Hall–Kier alpha value is -1.97. The molecule has 4 nitrogen and oxygen atoms in total. The van der Waals surface area contributed by atoms with Gasteiger partial charge in [-0.2, -0.15) is 0 Å². The number of nitrogens with zero attached hydrogens (tertiary/aromatic N) is 1. The molecule has 0 bridgehead atoms. The van der Waals surface area contributed by atoms with E-state index in [0.29, 0.717) is 6.42 Å². The number of hydrogen-bond acceptors (Lipinski definition) is 3. The van der Waals surface area contributed by atoms with Crippen molar-refractivity contribution in [2.75, 3.05) is 6.54 Å². The van der Waals surface area contributed by atoms with E-state index in [-0.39, 0.29) is 29.1 Å². The van der Waals surface area contributed by atoms with Crippen LogP contribution in [0.2, 0.25) is 0 Å². The van der Waals surface area contributed by atoms with Crippen molar-refractivity contribution in [2.45, 2.75) is 19.3 Å². The molecule has 1 aromatic rings. The molecule has 1 saturated carbocycles. The lowest BCUT2D eigenvalue weighted by molar-refractivity contribution is -0.487. The van der Waals surface area contributed by atoms with Crippen LogP contribution in [0, 0.1) is 22.0 Å². The third-order valence-corrected chi connectivity index (χ3v) is 3.56. The van der Waals surface area contributed by atoms with Gasteiger partial charge in [-0.25, -0.2) is 0 Å². The minimum Gasteiger partial charge on any atom is -0.299 e. The van der Waals surface area contributed by atoms with E-state index >= 15 is 0 Å². The molecule has 1 fully saturated rings. The summed E-state index contributed by atoms with van der Waals surface area (Å²) in [6.45, 7) is -0.167. The highest BCUT2D eigenvalue weighted by Crippen LogP contribution is 2.29.